The normalized spacial score (nSPS) is 13.7. The summed E-state index contributed by atoms with van der Waals surface area (Å²) in [5.41, 5.74) is 3.11. The van der Waals surface area contributed by atoms with Crippen LogP contribution in [-0.4, -0.2) is 29.3 Å². The van der Waals surface area contributed by atoms with Gasteiger partial charge >= 0.3 is 0 Å². The van der Waals surface area contributed by atoms with Gasteiger partial charge in [-0.3, -0.25) is 4.79 Å². The molecule has 7 heteroatoms. The number of aliphatic hydroxyl groups is 1. The lowest BCUT2D eigenvalue weighted by atomic mass is 10.0. The van der Waals surface area contributed by atoms with Crippen LogP contribution in [0.2, 0.25) is 5.02 Å². The Kier molecular flexibility index (Phi) is 5.07. The molecule has 2 heterocycles. The van der Waals surface area contributed by atoms with Gasteiger partial charge in [-0.15, -0.1) is 0 Å². The molecule has 0 saturated heterocycles. The first-order chi connectivity index (χ1) is 13.5. The number of benzene rings is 2. The number of carbonyl (C=O) groups is 1. The topological polar surface area (TPSA) is 84.6 Å². The minimum atomic E-state index is -0.834. The number of ether oxygens (including phenoxy) is 1. The molecular weight excluding hydrogens is 380 g/mol. The standard InChI is InChI=1S/C21H19ClN2O4/c1-12-19(20(24-28-12)15-4-2-3-5-16(15)22)21(26)23-11-17(25)13-6-7-18-14(10-13)8-9-27-18/h2-7,10,17,25H,8-9,11H2,1H3,(H,23,26)/t17-/m0/s1. The third-order valence-corrected chi connectivity index (χ3v) is 5.10. The Morgan fingerprint density at radius 1 is 1.32 bits per heavy atom. The van der Waals surface area contributed by atoms with Crippen molar-refractivity contribution >= 4 is 17.5 Å². The van der Waals surface area contributed by atoms with Gasteiger partial charge in [0.1, 0.15) is 22.8 Å². The number of aromatic nitrogens is 1. The number of hydrogen-bond donors (Lipinski definition) is 2. The molecule has 1 aliphatic heterocycles. The number of amides is 1. The van der Waals surface area contributed by atoms with Crippen LogP contribution in [0.3, 0.4) is 0 Å². The second-order valence-corrected chi connectivity index (χ2v) is 7.04. The molecule has 3 aromatic rings. The fraction of sp³-hybridized carbons (Fsp3) is 0.238. The summed E-state index contributed by atoms with van der Waals surface area (Å²) in [6.45, 7) is 2.38. The summed E-state index contributed by atoms with van der Waals surface area (Å²) in [5, 5.41) is 17.7. The zero-order chi connectivity index (χ0) is 19.7. The highest BCUT2D eigenvalue weighted by molar-refractivity contribution is 6.33. The molecule has 6 nitrogen and oxygen atoms in total. The Bertz CT molecular complexity index is 1030. The van der Waals surface area contributed by atoms with Gasteiger partial charge in [-0.1, -0.05) is 41.0 Å². The summed E-state index contributed by atoms with van der Waals surface area (Å²) in [5.74, 6) is 0.860. The Morgan fingerprint density at radius 3 is 2.96 bits per heavy atom. The smallest absolute Gasteiger partial charge is 0.257 e. The van der Waals surface area contributed by atoms with E-state index in [2.05, 4.69) is 10.5 Å². The van der Waals surface area contributed by atoms with Crippen LogP contribution in [0.1, 0.15) is 33.3 Å². The number of fused-ring (bicyclic) bond motifs is 1. The largest absolute Gasteiger partial charge is 0.493 e. The molecule has 2 N–H and O–H groups in total. The van der Waals surface area contributed by atoms with Crippen molar-refractivity contribution in [2.75, 3.05) is 13.2 Å². The van der Waals surface area contributed by atoms with Gasteiger partial charge in [0, 0.05) is 18.5 Å². The SMILES string of the molecule is Cc1onc(-c2ccccc2Cl)c1C(=O)NC[C@H](O)c1ccc2c(c1)CCO2. The summed E-state index contributed by atoms with van der Waals surface area (Å²) in [6, 6.07) is 12.7. The number of aliphatic hydroxyl groups excluding tert-OH is 1. The minimum Gasteiger partial charge on any atom is -0.493 e. The molecule has 0 unspecified atom stereocenters. The third kappa shape index (κ3) is 3.48. The highest BCUT2D eigenvalue weighted by atomic mass is 35.5. The van der Waals surface area contributed by atoms with Gasteiger partial charge in [-0.25, -0.2) is 0 Å². The fourth-order valence-corrected chi connectivity index (χ4v) is 3.51. The molecule has 0 fully saturated rings. The molecule has 1 aromatic heterocycles. The van der Waals surface area contributed by atoms with Crippen LogP contribution < -0.4 is 10.1 Å². The zero-order valence-corrected chi connectivity index (χ0v) is 16.0. The van der Waals surface area contributed by atoms with Gasteiger partial charge in [0.05, 0.1) is 17.7 Å². The molecule has 28 heavy (non-hydrogen) atoms. The highest BCUT2D eigenvalue weighted by Gasteiger charge is 2.24. The van der Waals surface area contributed by atoms with E-state index in [1.54, 1.807) is 31.2 Å². The predicted molar refractivity (Wildman–Crippen MR) is 105 cm³/mol. The summed E-state index contributed by atoms with van der Waals surface area (Å²) < 4.78 is 10.7. The van der Waals surface area contributed by atoms with Crippen LogP contribution in [0.4, 0.5) is 0 Å². The van der Waals surface area contributed by atoms with Crippen LogP contribution in [-0.2, 0) is 6.42 Å². The molecule has 4 rings (SSSR count). The van der Waals surface area contributed by atoms with E-state index in [1.807, 2.05) is 18.2 Å². The van der Waals surface area contributed by atoms with Gasteiger partial charge in [0.2, 0.25) is 0 Å². The van der Waals surface area contributed by atoms with Crippen molar-refractivity contribution in [2.45, 2.75) is 19.4 Å². The maximum atomic E-state index is 12.8. The number of nitrogens with one attached hydrogen (secondary N) is 1. The molecule has 1 aliphatic rings. The van der Waals surface area contributed by atoms with E-state index in [1.165, 1.54) is 0 Å². The van der Waals surface area contributed by atoms with E-state index in [0.29, 0.717) is 34.2 Å². The number of hydrogen-bond acceptors (Lipinski definition) is 5. The fourth-order valence-electron chi connectivity index (χ4n) is 3.29. The van der Waals surface area contributed by atoms with Crippen molar-refractivity contribution < 1.29 is 19.2 Å². The molecule has 0 radical (unpaired) electrons. The van der Waals surface area contributed by atoms with Crippen molar-refractivity contribution in [1.82, 2.24) is 10.5 Å². The van der Waals surface area contributed by atoms with Crippen LogP contribution in [0.5, 0.6) is 5.75 Å². The highest BCUT2D eigenvalue weighted by Crippen LogP contribution is 2.31. The van der Waals surface area contributed by atoms with Crippen molar-refractivity contribution in [1.29, 1.82) is 0 Å². The summed E-state index contributed by atoms with van der Waals surface area (Å²) in [6.07, 6.45) is -0.0117. The van der Waals surface area contributed by atoms with E-state index < -0.39 is 6.10 Å². The molecule has 0 saturated carbocycles. The lowest BCUT2D eigenvalue weighted by molar-refractivity contribution is 0.0915. The van der Waals surface area contributed by atoms with E-state index in [9.17, 15) is 9.90 Å². The molecule has 0 bridgehead atoms. The molecule has 0 spiro atoms. The molecular formula is C21H19ClN2O4. The van der Waals surface area contributed by atoms with Gasteiger partial charge in [-0.2, -0.15) is 0 Å². The molecule has 144 valence electrons. The summed E-state index contributed by atoms with van der Waals surface area (Å²) >= 11 is 6.24. The molecule has 1 amide bonds. The second kappa shape index (κ2) is 7.66. The first kappa shape index (κ1) is 18.5. The third-order valence-electron chi connectivity index (χ3n) is 4.77. The number of nitrogens with zero attached hydrogens (tertiary/aromatic N) is 1. The van der Waals surface area contributed by atoms with E-state index >= 15 is 0 Å². The van der Waals surface area contributed by atoms with Crippen molar-refractivity contribution in [2.24, 2.45) is 0 Å². The van der Waals surface area contributed by atoms with Crippen molar-refractivity contribution in [3.8, 4) is 17.0 Å². The molecule has 2 aromatic carbocycles. The number of aryl methyl sites for hydroxylation is 1. The zero-order valence-electron chi connectivity index (χ0n) is 15.2. The Balaban J connectivity index is 1.50. The van der Waals surface area contributed by atoms with Crippen molar-refractivity contribution in [3.05, 3.63) is 69.9 Å². The van der Waals surface area contributed by atoms with E-state index in [-0.39, 0.29) is 12.5 Å². The first-order valence-corrected chi connectivity index (χ1v) is 9.35. The van der Waals surface area contributed by atoms with Gasteiger partial charge in [0.15, 0.2) is 0 Å². The van der Waals surface area contributed by atoms with Crippen molar-refractivity contribution in [3.63, 3.8) is 0 Å². The number of rotatable bonds is 5. The summed E-state index contributed by atoms with van der Waals surface area (Å²) in [4.78, 5) is 12.8. The Labute approximate surface area is 167 Å². The van der Waals surface area contributed by atoms with Gasteiger partial charge in [-0.05, 0) is 36.2 Å². The van der Waals surface area contributed by atoms with E-state index in [0.717, 1.165) is 23.3 Å². The summed E-state index contributed by atoms with van der Waals surface area (Å²) in [7, 11) is 0. The van der Waals surface area contributed by atoms with Gasteiger partial charge in [0.25, 0.3) is 5.91 Å². The molecule has 0 aliphatic carbocycles. The Hall–Kier alpha value is -2.83. The average molecular weight is 399 g/mol. The van der Waals surface area contributed by atoms with Gasteiger partial charge < -0.3 is 19.7 Å². The number of halogens is 1. The number of carbonyl (C=O) groups excluding carboxylic acids is 1. The maximum absolute atomic E-state index is 12.8. The predicted octanol–water partition coefficient (Wildman–Crippen LogP) is 3.70. The average Bonchev–Trinajstić information content (AvgIpc) is 3.32. The lowest BCUT2D eigenvalue weighted by Gasteiger charge is -2.13. The Morgan fingerprint density at radius 2 is 2.14 bits per heavy atom. The van der Waals surface area contributed by atoms with Crippen LogP contribution in [0.15, 0.2) is 47.0 Å². The lowest BCUT2D eigenvalue weighted by Crippen LogP contribution is -2.29. The van der Waals surface area contributed by atoms with Crippen LogP contribution >= 0.6 is 11.6 Å². The first-order valence-electron chi connectivity index (χ1n) is 8.97. The van der Waals surface area contributed by atoms with E-state index in [4.69, 9.17) is 20.9 Å². The maximum Gasteiger partial charge on any atom is 0.257 e. The quantitative estimate of drug-likeness (QED) is 0.684. The monoisotopic (exact) mass is 398 g/mol. The second-order valence-electron chi connectivity index (χ2n) is 6.63. The van der Waals surface area contributed by atoms with Crippen LogP contribution in [0.25, 0.3) is 11.3 Å². The van der Waals surface area contributed by atoms with Crippen LogP contribution in [0, 0.1) is 6.92 Å². The molecule has 1 atom stereocenters. The minimum absolute atomic E-state index is 0.0606.